The normalized spacial score (nSPS) is 31.2. The highest BCUT2D eigenvalue weighted by molar-refractivity contribution is 5.26. The largest absolute Gasteiger partial charge is 0.310 e. The van der Waals surface area contributed by atoms with Crippen LogP contribution in [0.5, 0.6) is 0 Å². The van der Waals surface area contributed by atoms with E-state index in [1.54, 1.807) is 6.07 Å². The van der Waals surface area contributed by atoms with E-state index in [0.717, 1.165) is 24.4 Å². The molecular formula is C15H19F2N. The van der Waals surface area contributed by atoms with Crippen molar-refractivity contribution < 1.29 is 8.78 Å². The molecule has 0 aliphatic heterocycles. The third kappa shape index (κ3) is 1.95. The molecule has 0 radical (unpaired) electrons. The maximum atomic E-state index is 13.9. The van der Waals surface area contributed by atoms with Gasteiger partial charge in [0.15, 0.2) is 0 Å². The second-order valence-electron chi connectivity index (χ2n) is 5.54. The van der Waals surface area contributed by atoms with Gasteiger partial charge in [-0.25, -0.2) is 8.78 Å². The Morgan fingerprint density at radius 1 is 1.28 bits per heavy atom. The number of benzene rings is 1. The lowest BCUT2D eigenvalue weighted by Gasteiger charge is -2.21. The number of rotatable bonds is 4. The van der Waals surface area contributed by atoms with Crippen molar-refractivity contribution in [2.45, 2.75) is 32.2 Å². The summed E-state index contributed by atoms with van der Waals surface area (Å²) in [5.41, 5.74) is 0.637. The zero-order valence-corrected chi connectivity index (χ0v) is 10.6. The summed E-state index contributed by atoms with van der Waals surface area (Å²) in [7, 11) is 0. The molecule has 0 aromatic heterocycles. The van der Waals surface area contributed by atoms with E-state index < -0.39 is 11.6 Å². The van der Waals surface area contributed by atoms with Crippen LogP contribution in [-0.4, -0.2) is 6.54 Å². The van der Waals surface area contributed by atoms with Crippen LogP contribution in [0.15, 0.2) is 18.2 Å². The van der Waals surface area contributed by atoms with E-state index in [4.69, 9.17) is 0 Å². The van der Waals surface area contributed by atoms with Gasteiger partial charge in [0.25, 0.3) is 0 Å². The molecule has 0 bridgehead atoms. The summed E-state index contributed by atoms with van der Waals surface area (Å²) in [5, 5.41) is 3.39. The van der Waals surface area contributed by atoms with Crippen molar-refractivity contribution >= 4 is 0 Å². The molecule has 3 atom stereocenters. The summed E-state index contributed by atoms with van der Waals surface area (Å²) >= 11 is 0. The molecule has 0 spiro atoms. The molecule has 2 aliphatic rings. The van der Waals surface area contributed by atoms with Gasteiger partial charge in [-0.2, -0.15) is 0 Å². The molecule has 0 amide bonds. The summed E-state index contributed by atoms with van der Waals surface area (Å²) in [6, 6.07) is 4.02. The molecule has 1 nitrogen and oxygen atoms in total. The Balaban J connectivity index is 1.85. The first-order valence-electron chi connectivity index (χ1n) is 6.90. The van der Waals surface area contributed by atoms with Gasteiger partial charge < -0.3 is 5.32 Å². The molecular weight excluding hydrogens is 232 g/mol. The van der Waals surface area contributed by atoms with Gasteiger partial charge in [0.05, 0.1) is 0 Å². The number of fused-ring (bicyclic) bond motifs is 1. The van der Waals surface area contributed by atoms with Crippen molar-refractivity contribution in [1.29, 1.82) is 0 Å². The first-order chi connectivity index (χ1) is 8.72. The fourth-order valence-corrected chi connectivity index (χ4v) is 3.80. The number of nitrogens with one attached hydrogen (secondary N) is 1. The molecule has 2 aliphatic carbocycles. The van der Waals surface area contributed by atoms with Crippen LogP contribution < -0.4 is 5.32 Å². The van der Waals surface area contributed by atoms with E-state index in [1.165, 1.54) is 25.3 Å². The molecule has 98 valence electrons. The molecule has 2 saturated carbocycles. The highest BCUT2D eigenvalue weighted by atomic mass is 19.1. The number of hydrogen-bond donors (Lipinski definition) is 1. The first-order valence-corrected chi connectivity index (χ1v) is 6.90. The van der Waals surface area contributed by atoms with Gasteiger partial charge >= 0.3 is 0 Å². The van der Waals surface area contributed by atoms with Gasteiger partial charge in [0.2, 0.25) is 0 Å². The van der Waals surface area contributed by atoms with E-state index in [2.05, 4.69) is 5.32 Å². The van der Waals surface area contributed by atoms with Gasteiger partial charge in [-0.3, -0.25) is 0 Å². The van der Waals surface area contributed by atoms with Crippen LogP contribution in [0.3, 0.4) is 0 Å². The van der Waals surface area contributed by atoms with Crippen molar-refractivity contribution in [1.82, 2.24) is 5.32 Å². The SMILES string of the molecule is CCNC(c1ccc(F)cc1F)C1C2CCCC21. The van der Waals surface area contributed by atoms with Crippen molar-refractivity contribution in [3.63, 3.8) is 0 Å². The molecule has 18 heavy (non-hydrogen) atoms. The van der Waals surface area contributed by atoms with Crippen LogP contribution in [0.4, 0.5) is 8.78 Å². The lowest BCUT2D eigenvalue weighted by molar-refractivity contribution is 0.409. The Bertz CT molecular complexity index is 436. The molecule has 3 rings (SSSR count). The van der Waals surface area contributed by atoms with Gasteiger partial charge in [-0.05, 0) is 43.2 Å². The molecule has 1 aromatic rings. The van der Waals surface area contributed by atoms with E-state index in [1.807, 2.05) is 6.92 Å². The van der Waals surface area contributed by atoms with Crippen LogP contribution in [0.25, 0.3) is 0 Å². The van der Waals surface area contributed by atoms with Crippen molar-refractivity contribution in [2.24, 2.45) is 17.8 Å². The third-order valence-electron chi connectivity index (χ3n) is 4.58. The smallest absolute Gasteiger partial charge is 0.130 e. The topological polar surface area (TPSA) is 12.0 Å². The fourth-order valence-electron chi connectivity index (χ4n) is 3.80. The Hall–Kier alpha value is -0.960. The second kappa shape index (κ2) is 4.61. The third-order valence-corrected chi connectivity index (χ3v) is 4.58. The Labute approximate surface area is 107 Å². The number of halogens is 2. The highest BCUT2D eigenvalue weighted by Crippen LogP contribution is 2.62. The average molecular weight is 251 g/mol. The first kappa shape index (κ1) is 12.1. The lowest BCUT2D eigenvalue weighted by atomic mass is 9.96. The monoisotopic (exact) mass is 251 g/mol. The number of hydrogen-bond acceptors (Lipinski definition) is 1. The minimum absolute atomic E-state index is 0.0610. The highest BCUT2D eigenvalue weighted by Gasteiger charge is 2.56. The summed E-state index contributed by atoms with van der Waals surface area (Å²) < 4.78 is 26.9. The standard InChI is InChI=1S/C15H19F2N/c1-2-18-15(14-10-4-3-5-11(10)14)12-7-6-9(16)8-13(12)17/h6-8,10-11,14-15,18H,2-5H2,1H3. The van der Waals surface area contributed by atoms with Crippen LogP contribution in [0.1, 0.15) is 37.8 Å². The molecule has 0 heterocycles. The summed E-state index contributed by atoms with van der Waals surface area (Å²) in [6.45, 7) is 2.85. The van der Waals surface area contributed by atoms with Crippen LogP contribution in [-0.2, 0) is 0 Å². The van der Waals surface area contributed by atoms with Crippen LogP contribution in [0.2, 0.25) is 0 Å². The minimum atomic E-state index is -0.498. The van der Waals surface area contributed by atoms with Crippen LogP contribution in [0, 0.1) is 29.4 Å². The summed E-state index contributed by atoms with van der Waals surface area (Å²) in [5.74, 6) is 1.17. The second-order valence-corrected chi connectivity index (χ2v) is 5.54. The maximum absolute atomic E-state index is 13.9. The molecule has 1 N–H and O–H groups in total. The summed E-state index contributed by atoms with van der Waals surface area (Å²) in [6.07, 6.45) is 3.87. The zero-order chi connectivity index (χ0) is 12.7. The van der Waals surface area contributed by atoms with Crippen molar-refractivity contribution in [3.05, 3.63) is 35.4 Å². The predicted molar refractivity (Wildman–Crippen MR) is 67.1 cm³/mol. The maximum Gasteiger partial charge on any atom is 0.130 e. The fraction of sp³-hybridized carbons (Fsp3) is 0.600. The van der Waals surface area contributed by atoms with Gasteiger partial charge in [0.1, 0.15) is 11.6 Å². The Morgan fingerprint density at radius 3 is 2.61 bits per heavy atom. The Morgan fingerprint density at radius 2 is 2.00 bits per heavy atom. The molecule has 3 unspecified atom stereocenters. The van der Waals surface area contributed by atoms with Crippen LogP contribution >= 0.6 is 0 Å². The van der Waals surface area contributed by atoms with E-state index >= 15 is 0 Å². The van der Waals surface area contributed by atoms with Gasteiger partial charge in [0, 0.05) is 17.7 Å². The Kier molecular flexibility index (Phi) is 3.10. The van der Waals surface area contributed by atoms with Crippen molar-refractivity contribution in [3.8, 4) is 0 Å². The van der Waals surface area contributed by atoms with E-state index in [0.29, 0.717) is 11.5 Å². The van der Waals surface area contributed by atoms with E-state index in [9.17, 15) is 8.78 Å². The molecule has 0 saturated heterocycles. The van der Waals surface area contributed by atoms with E-state index in [-0.39, 0.29) is 6.04 Å². The predicted octanol–water partition coefficient (Wildman–Crippen LogP) is 3.66. The zero-order valence-electron chi connectivity index (χ0n) is 10.6. The van der Waals surface area contributed by atoms with Crippen molar-refractivity contribution in [2.75, 3.05) is 6.54 Å². The summed E-state index contributed by atoms with van der Waals surface area (Å²) in [4.78, 5) is 0. The van der Waals surface area contributed by atoms with Gasteiger partial charge in [-0.1, -0.05) is 19.4 Å². The molecule has 2 fully saturated rings. The molecule has 3 heteroatoms. The minimum Gasteiger partial charge on any atom is -0.310 e. The lowest BCUT2D eigenvalue weighted by Crippen LogP contribution is -2.25. The van der Waals surface area contributed by atoms with Gasteiger partial charge in [-0.15, -0.1) is 0 Å². The average Bonchev–Trinajstić information content (AvgIpc) is 2.80. The quantitative estimate of drug-likeness (QED) is 0.861. The molecule has 1 aromatic carbocycles.